The van der Waals surface area contributed by atoms with E-state index in [1.165, 1.54) is 11.8 Å². The summed E-state index contributed by atoms with van der Waals surface area (Å²) in [4.78, 5) is 33.3. The number of nitrogens with one attached hydrogen (secondary N) is 1. The van der Waals surface area contributed by atoms with Crippen LogP contribution in [0.2, 0.25) is 0 Å². The minimum Gasteiger partial charge on any atom is -0.444 e. The van der Waals surface area contributed by atoms with Gasteiger partial charge in [0.1, 0.15) is 11.1 Å². The zero-order chi connectivity index (χ0) is 22.2. The van der Waals surface area contributed by atoms with E-state index in [0.29, 0.717) is 23.8 Å². The van der Waals surface area contributed by atoms with Crippen LogP contribution in [0.5, 0.6) is 0 Å². The van der Waals surface area contributed by atoms with Crippen LogP contribution in [-0.2, 0) is 10.3 Å². The van der Waals surface area contributed by atoms with Crippen molar-refractivity contribution in [3.63, 3.8) is 0 Å². The van der Waals surface area contributed by atoms with Gasteiger partial charge in [-0.25, -0.2) is 9.79 Å². The molecule has 6 nitrogen and oxygen atoms in total. The average Bonchev–Trinajstić information content (AvgIpc) is 3.31. The molecule has 0 aliphatic carbocycles. The quantitative estimate of drug-likeness (QED) is 0.596. The molecule has 0 bridgehead atoms. The van der Waals surface area contributed by atoms with Crippen molar-refractivity contribution in [3.8, 4) is 0 Å². The number of thiophene rings is 1. The molecule has 9 heteroatoms. The Balaban J connectivity index is 1.64. The van der Waals surface area contributed by atoms with E-state index >= 15 is 0 Å². The van der Waals surface area contributed by atoms with Gasteiger partial charge in [-0.2, -0.15) is 0 Å². The first kappa shape index (κ1) is 22.4. The van der Waals surface area contributed by atoms with Crippen molar-refractivity contribution in [2.24, 2.45) is 10.9 Å². The lowest BCUT2D eigenvalue weighted by Crippen LogP contribution is -2.42. The van der Waals surface area contributed by atoms with Crippen LogP contribution in [0.1, 0.15) is 36.0 Å². The lowest BCUT2D eigenvalue weighted by molar-refractivity contribution is 0.0282. The summed E-state index contributed by atoms with van der Waals surface area (Å²) in [5, 5.41) is 5.57. The van der Waals surface area contributed by atoms with E-state index in [-0.39, 0.29) is 17.9 Å². The third kappa shape index (κ3) is 4.83. The van der Waals surface area contributed by atoms with Gasteiger partial charge in [0.15, 0.2) is 5.17 Å². The predicted molar refractivity (Wildman–Crippen MR) is 129 cm³/mol. The van der Waals surface area contributed by atoms with Gasteiger partial charge in [-0.15, -0.1) is 11.3 Å². The Morgan fingerprint density at radius 3 is 2.68 bits per heavy atom. The maximum Gasteiger partial charge on any atom is 0.410 e. The van der Waals surface area contributed by atoms with Gasteiger partial charge >= 0.3 is 6.09 Å². The molecule has 2 amide bonds. The predicted octanol–water partition coefficient (Wildman–Crippen LogP) is 5.11. The fraction of sp³-hybridized carbons (Fsp3) is 0.409. The summed E-state index contributed by atoms with van der Waals surface area (Å²) < 4.78 is 6.60. The molecule has 1 aromatic carbocycles. The lowest BCUT2D eigenvalue weighted by atomic mass is 9.87. The van der Waals surface area contributed by atoms with E-state index in [1.54, 1.807) is 28.4 Å². The third-order valence-electron chi connectivity index (χ3n) is 5.17. The molecule has 0 saturated carbocycles. The van der Waals surface area contributed by atoms with Gasteiger partial charge in [-0.3, -0.25) is 4.79 Å². The molecule has 4 rings (SSSR count). The average molecular weight is 522 g/mol. The molecule has 164 valence electrons. The number of nitrogens with zero attached hydrogens (tertiary/aromatic N) is 2. The molecular formula is C22H24BrN3O3S2. The number of halogens is 1. The number of aliphatic imine (C=N–C) groups is 1. The van der Waals surface area contributed by atoms with Crippen LogP contribution >= 0.6 is 39.0 Å². The summed E-state index contributed by atoms with van der Waals surface area (Å²) >= 11 is 6.68. The first-order valence-corrected chi connectivity index (χ1v) is 12.6. The van der Waals surface area contributed by atoms with Gasteiger partial charge < -0.3 is 15.0 Å². The normalized spacial score (nSPS) is 23.2. The van der Waals surface area contributed by atoms with Crippen molar-refractivity contribution in [3.05, 3.63) is 56.7 Å². The van der Waals surface area contributed by atoms with Gasteiger partial charge in [-0.1, -0.05) is 30.0 Å². The molecule has 2 aliphatic rings. The van der Waals surface area contributed by atoms with Crippen LogP contribution in [0.15, 0.2) is 51.2 Å². The van der Waals surface area contributed by atoms with Crippen molar-refractivity contribution in [1.82, 2.24) is 10.2 Å². The molecule has 31 heavy (non-hydrogen) atoms. The number of benzene rings is 1. The van der Waals surface area contributed by atoms with E-state index in [9.17, 15) is 9.59 Å². The number of rotatable bonds is 2. The SMILES string of the molecule is CC(C)(C)OC(=O)N1CC2CSC(NC(=O)c3ccccc3)=NC2(c2cc(Br)cs2)C1. The van der Waals surface area contributed by atoms with Crippen molar-refractivity contribution in [2.45, 2.75) is 31.9 Å². The van der Waals surface area contributed by atoms with Gasteiger partial charge in [0, 0.05) is 38.5 Å². The summed E-state index contributed by atoms with van der Waals surface area (Å²) in [6, 6.07) is 11.2. The monoisotopic (exact) mass is 521 g/mol. The molecule has 3 heterocycles. The second-order valence-corrected chi connectivity index (χ2v) is 11.5. The maximum atomic E-state index is 12.8. The number of ether oxygens (including phenoxy) is 1. The fourth-order valence-electron chi connectivity index (χ4n) is 3.77. The first-order chi connectivity index (χ1) is 14.7. The third-order valence-corrected chi connectivity index (χ3v) is 8.07. The highest BCUT2D eigenvalue weighted by atomic mass is 79.9. The van der Waals surface area contributed by atoms with Crippen molar-refractivity contribution < 1.29 is 14.3 Å². The Morgan fingerprint density at radius 1 is 1.29 bits per heavy atom. The van der Waals surface area contributed by atoms with Crippen molar-refractivity contribution >= 4 is 56.2 Å². The fourth-order valence-corrected chi connectivity index (χ4v) is 6.55. The Bertz CT molecular complexity index is 1020. The van der Waals surface area contributed by atoms with Crippen molar-refractivity contribution in [1.29, 1.82) is 0 Å². The molecule has 2 aliphatic heterocycles. The smallest absolute Gasteiger partial charge is 0.410 e. The summed E-state index contributed by atoms with van der Waals surface area (Å²) in [5.41, 5.74) is -0.572. The van der Waals surface area contributed by atoms with Crippen LogP contribution in [-0.4, -0.2) is 46.5 Å². The zero-order valence-corrected chi connectivity index (χ0v) is 20.8. The van der Waals surface area contributed by atoms with Crippen LogP contribution in [0.25, 0.3) is 0 Å². The van der Waals surface area contributed by atoms with Crippen LogP contribution in [0, 0.1) is 5.92 Å². The highest BCUT2D eigenvalue weighted by molar-refractivity contribution is 9.10. The lowest BCUT2D eigenvalue weighted by Gasteiger charge is -2.34. The molecule has 1 saturated heterocycles. The van der Waals surface area contributed by atoms with E-state index < -0.39 is 11.1 Å². The second kappa shape index (κ2) is 8.60. The minimum atomic E-state index is -0.599. The summed E-state index contributed by atoms with van der Waals surface area (Å²) in [6.45, 7) is 6.59. The van der Waals surface area contributed by atoms with E-state index in [2.05, 4.69) is 27.3 Å². The summed E-state index contributed by atoms with van der Waals surface area (Å²) in [6.07, 6.45) is -0.327. The number of amidine groups is 1. The molecule has 0 spiro atoms. The maximum absolute atomic E-state index is 12.8. The number of thioether (sulfide) groups is 1. The molecule has 1 N–H and O–H groups in total. The molecule has 2 atom stereocenters. The molecule has 2 unspecified atom stereocenters. The van der Waals surface area contributed by atoms with E-state index in [4.69, 9.17) is 9.73 Å². The van der Waals surface area contributed by atoms with E-state index in [1.807, 2.05) is 44.4 Å². The first-order valence-electron chi connectivity index (χ1n) is 9.98. The molecule has 1 fully saturated rings. The summed E-state index contributed by atoms with van der Waals surface area (Å²) in [7, 11) is 0. The highest BCUT2D eigenvalue weighted by Crippen LogP contribution is 2.48. The standard InChI is InChI=1S/C22H24BrN3O3S2/c1-21(2,3)29-20(28)26-10-15-11-31-19(24-18(27)14-7-5-4-6-8-14)25-22(15,13-26)17-9-16(23)12-30-17/h4-9,12,15H,10-11,13H2,1-3H3,(H,24,25,27). The molecular weight excluding hydrogens is 498 g/mol. The van der Waals surface area contributed by atoms with Gasteiger partial charge in [0.2, 0.25) is 0 Å². The number of amides is 2. The largest absolute Gasteiger partial charge is 0.444 e. The van der Waals surface area contributed by atoms with Crippen LogP contribution in [0.3, 0.4) is 0 Å². The highest BCUT2D eigenvalue weighted by Gasteiger charge is 2.53. The Hall–Kier alpha value is -1.84. The topological polar surface area (TPSA) is 71.0 Å². The molecule has 1 aromatic heterocycles. The number of hydrogen-bond donors (Lipinski definition) is 1. The Morgan fingerprint density at radius 2 is 2.03 bits per heavy atom. The van der Waals surface area contributed by atoms with Gasteiger partial charge in [-0.05, 0) is 54.9 Å². The summed E-state index contributed by atoms with van der Waals surface area (Å²) in [5.74, 6) is 0.700. The van der Waals surface area contributed by atoms with Crippen molar-refractivity contribution in [2.75, 3.05) is 18.8 Å². The van der Waals surface area contributed by atoms with Gasteiger partial charge in [0.05, 0.1) is 6.54 Å². The Labute approximate surface area is 198 Å². The molecule has 0 radical (unpaired) electrons. The number of carbonyl (C=O) groups excluding carboxylic acids is 2. The molecule has 2 aromatic rings. The number of carbonyl (C=O) groups is 2. The van der Waals surface area contributed by atoms with Gasteiger partial charge in [0.25, 0.3) is 5.91 Å². The zero-order valence-electron chi connectivity index (χ0n) is 17.6. The number of hydrogen-bond acceptors (Lipinski definition) is 6. The number of fused-ring (bicyclic) bond motifs is 1. The van der Waals surface area contributed by atoms with Crippen LogP contribution < -0.4 is 5.32 Å². The minimum absolute atomic E-state index is 0.132. The number of likely N-dealkylation sites (tertiary alicyclic amines) is 1. The van der Waals surface area contributed by atoms with E-state index in [0.717, 1.165) is 15.1 Å². The Kier molecular flexibility index (Phi) is 6.20. The second-order valence-electron chi connectivity index (χ2n) is 8.66. The van der Waals surface area contributed by atoms with Crippen LogP contribution in [0.4, 0.5) is 4.79 Å².